The van der Waals surface area contributed by atoms with E-state index in [1.165, 1.54) is 0 Å². The van der Waals surface area contributed by atoms with Crippen molar-refractivity contribution in [2.75, 3.05) is 32.1 Å². The molecular weight excluding hydrogens is 442 g/mol. The smallest absolute Gasteiger partial charge is 0.245 e. The zero-order valence-corrected chi connectivity index (χ0v) is 18.7. The molecule has 8 nitrogen and oxygen atoms in total. The average Bonchev–Trinajstić information content (AvgIpc) is 3.27. The van der Waals surface area contributed by atoms with Gasteiger partial charge in [-0.2, -0.15) is 0 Å². The van der Waals surface area contributed by atoms with Gasteiger partial charge in [0, 0.05) is 22.8 Å². The van der Waals surface area contributed by atoms with Crippen LogP contribution in [-0.2, 0) is 9.53 Å². The molecule has 33 heavy (non-hydrogen) atoms. The second-order valence-corrected chi connectivity index (χ2v) is 8.12. The van der Waals surface area contributed by atoms with E-state index in [9.17, 15) is 4.79 Å². The minimum atomic E-state index is -0.124. The van der Waals surface area contributed by atoms with Gasteiger partial charge in [0.15, 0.2) is 0 Å². The molecule has 1 N–H and O–H groups in total. The minimum Gasteiger partial charge on any atom is -0.496 e. The van der Waals surface area contributed by atoms with Gasteiger partial charge in [-0.05, 0) is 48.0 Å². The predicted molar refractivity (Wildman–Crippen MR) is 126 cm³/mol. The third-order valence-electron chi connectivity index (χ3n) is 5.62. The Labute approximate surface area is 195 Å². The lowest BCUT2D eigenvalue weighted by atomic mass is 10.1. The van der Waals surface area contributed by atoms with Crippen LogP contribution in [0.4, 0.5) is 11.6 Å². The SMILES string of the molecule is COc1ccc(Cl)cc1-c1ccc2cnc(Nc3ccc(C4CN(C=O)CCO4)cc3)nn12. The van der Waals surface area contributed by atoms with Crippen molar-refractivity contribution >= 4 is 35.2 Å². The van der Waals surface area contributed by atoms with E-state index in [2.05, 4.69) is 15.4 Å². The van der Waals surface area contributed by atoms with Crippen molar-refractivity contribution in [2.45, 2.75) is 6.10 Å². The molecule has 1 amide bonds. The molecule has 9 heteroatoms. The van der Waals surface area contributed by atoms with Crippen molar-refractivity contribution in [3.8, 4) is 17.0 Å². The molecule has 2 aromatic carbocycles. The number of nitrogens with zero attached hydrogens (tertiary/aromatic N) is 4. The number of carbonyl (C=O) groups is 1. The molecule has 3 heterocycles. The molecule has 1 unspecified atom stereocenters. The van der Waals surface area contributed by atoms with E-state index in [4.69, 9.17) is 21.1 Å². The molecule has 5 rings (SSSR count). The quantitative estimate of drug-likeness (QED) is 0.429. The van der Waals surface area contributed by atoms with Gasteiger partial charge in [0.1, 0.15) is 11.9 Å². The van der Waals surface area contributed by atoms with E-state index in [0.717, 1.165) is 34.4 Å². The summed E-state index contributed by atoms with van der Waals surface area (Å²) in [7, 11) is 1.63. The Morgan fingerprint density at radius 3 is 2.82 bits per heavy atom. The molecule has 168 valence electrons. The number of fused-ring (bicyclic) bond motifs is 1. The van der Waals surface area contributed by atoms with Crippen molar-refractivity contribution in [2.24, 2.45) is 0 Å². The molecule has 0 aliphatic carbocycles. The number of benzene rings is 2. The third-order valence-corrected chi connectivity index (χ3v) is 5.86. The number of carbonyl (C=O) groups excluding carboxylic acids is 1. The monoisotopic (exact) mass is 463 g/mol. The highest BCUT2D eigenvalue weighted by atomic mass is 35.5. The Kier molecular flexibility index (Phi) is 5.85. The third kappa shape index (κ3) is 4.35. The van der Waals surface area contributed by atoms with Gasteiger partial charge >= 0.3 is 0 Å². The van der Waals surface area contributed by atoms with Crippen LogP contribution in [0.15, 0.2) is 60.8 Å². The molecule has 0 bridgehead atoms. The molecule has 0 radical (unpaired) electrons. The highest BCUT2D eigenvalue weighted by Gasteiger charge is 2.21. The number of ether oxygens (including phenoxy) is 2. The number of nitrogens with one attached hydrogen (secondary N) is 1. The van der Waals surface area contributed by atoms with Gasteiger partial charge in [-0.3, -0.25) is 4.79 Å². The maximum atomic E-state index is 11.1. The number of anilines is 2. The van der Waals surface area contributed by atoms with Crippen molar-refractivity contribution in [3.05, 3.63) is 71.4 Å². The topological polar surface area (TPSA) is 81.0 Å². The van der Waals surface area contributed by atoms with Gasteiger partial charge in [-0.25, -0.2) is 9.50 Å². The largest absolute Gasteiger partial charge is 0.496 e. The van der Waals surface area contributed by atoms with Crippen molar-refractivity contribution in [1.82, 2.24) is 19.5 Å². The number of hydrogen-bond acceptors (Lipinski definition) is 6. The van der Waals surface area contributed by atoms with Crippen molar-refractivity contribution in [1.29, 1.82) is 0 Å². The first-order valence-electron chi connectivity index (χ1n) is 10.5. The number of aromatic nitrogens is 3. The molecule has 0 saturated carbocycles. The first kappa shape index (κ1) is 21.2. The molecular formula is C24H22ClN5O3. The molecule has 1 saturated heterocycles. The van der Waals surface area contributed by atoms with Crippen LogP contribution < -0.4 is 10.1 Å². The van der Waals surface area contributed by atoms with Crippen LogP contribution >= 0.6 is 11.6 Å². The summed E-state index contributed by atoms with van der Waals surface area (Å²) in [6.07, 6.45) is 2.50. The summed E-state index contributed by atoms with van der Waals surface area (Å²) in [5.41, 5.74) is 4.40. The van der Waals surface area contributed by atoms with Crippen LogP contribution in [0.25, 0.3) is 16.8 Å². The van der Waals surface area contributed by atoms with E-state index in [1.54, 1.807) is 24.3 Å². The van der Waals surface area contributed by atoms with Crippen molar-refractivity contribution in [3.63, 3.8) is 0 Å². The second kappa shape index (κ2) is 9.09. The number of hydrogen-bond donors (Lipinski definition) is 1. The Bertz CT molecular complexity index is 1290. The first-order valence-corrected chi connectivity index (χ1v) is 10.9. The van der Waals surface area contributed by atoms with E-state index < -0.39 is 0 Å². The lowest BCUT2D eigenvalue weighted by molar-refractivity contribution is -0.125. The van der Waals surface area contributed by atoms with Gasteiger partial charge in [0.25, 0.3) is 0 Å². The van der Waals surface area contributed by atoms with Crippen LogP contribution in [0.1, 0.15) is 11.7 Å². The normalized spacial score (nSPS) is 16.1. The van der Waals surface area contributed by atoms with E-state index in [1.807, 2.05) is 53.0 Å². The van der Waals surface area contributed by atoms with Gasteiger partial charge in [0.2, 0.25) is 12.4 Å². The molecule has 1 aliphatic rings. The summed E-state index contributed by atoms with van der Waals surface area (Å²) in [6, 6.07) is 17.3. The summed E-state index contributed by atoms with van der Waals surface area (Å²) < 4.78 is 13.1. The Balaban J connectivity index is 1.39. The van der Waals surface area contributed by atoms with Crippen molar-refractivity contribution < 1.29 is 14.3 Å². The summed E-state index contributed by atoms with van der Waals surface area (Å²) in [4.78, 5) is 17.2. The molecule has 1 fully saturated rings. The predicted octanol–water partition coefficient (Wildman–Crippen LogP) is 4.33. The van der Waals surface area contributed by atoms with Crippen LogP contribution in [0.5, 0.6) is 5.75 Å². The number of rotatable bonds is 6. The first-order chi connectivity index (χ1) is 16.1. The Hall–Kier alpha value is -3.62. The van der Waals surface area contributed by atoms with E-state index in [-0.39, 0.29) is 6.10 Å². The Morgan fingerprint density at radius 2 is 2.03 bits per heavy atom. The fourth-order valence-corrected chi connectivity index (χ4v) is 4.09. The molecule has 0 spiro atoms. The zero-order valence-electron chi connectivity index (χ0n) is 17.9. The Morgan fingerprint density at radius 1 is 1.18 bits per heavy atom. The maximum absolute atomic E-state index is 11.1. The summed E-state index contributed by atoms with van der Waals surface area (Å²) in [5.74, 6) is 1.16. The highest BCUT2D eigenvalue weighted by molar-refractivity contribution is 6.31. The second-order valence-electron chi connectivity index (χ2n) is 7.69. The number of morpholine rings is 1. The fourth-order valence-electron chi connectivity index (χ4n) is 3.92. The number of halogens is 1. The molecule has 2 aromatic heterocycles. The molecule has 4 aromatic rings. The lowest BCUT2D eigenvalue weighted by Gasteiger charge is -2.30. The van der Waals surface area contributed by atoms with Gasteiger partial charge in [0.05, 0.1) is 37.7 Å². The van der Waals surface area contributed by atoms with Crippen LogP contribution in [0, 0.1) is 0 Å². The number of amides is 1. The summed E-state index contributed by atoms with van der Waals surface area (Å²) in [5, 5.41) is 8.53. The molecule has 1 atom stereocenters. The lowest BCUT2D eigenvalue weighted by Crippen LogP contribution is -2.37. The average molecular weight is 464 g/mol. The van der Waals surface area contributed by atoms with Gasteiger partial charge < -0.3 is 19.7 Å². The zero-order chi connectivity index (χ0) is 22.8. The maximum Gasteiger partial charge on any atom is 0.245 e. The van der Waals surface area contributed by atoms with E-state index in [0.29, 0.717) is 36.4 Å². The minimum absolute atomic E-state index is 0.124. The van der Waals surface area contributed by atoms with Gasteiger partial charge in [-0.15, -0.1) is 5.10 Å². The van der Waals surface area contributed by atoms with Crippen LogP contribution in [0.2, 0.25) is 5.02 Å². The fraction of sp³-hybridized carbons (Fsp3) is 0.208. The summed E-state index contributed by atoms with van der Waals surface area (Å²) in [6.45, 7) is 1.72. The number of methoxy groups -OCH3 is 1. The van der Waals surface area contributed by atoms with Crippen LogP contribution in [0.3, 0.4) is 0 Å². The van der Waals surface area contributed by atoms with E-state index >= 15 is 0 Å². The van der Waals surface area contributed by atoms with Gasteiger partial charge in [-0.1, -0.05) is 23.7 Å². The molecule has 1 aliphatic heterocycles. The van der Waals surface area contributed by atoms with Crippen LogP contribution in [-0.4, -0.2) is 52.7 Å². The standard InChI is InChI=1S/C24H22ClN5O3/c1-32-22-9-4-17(25)12-20(22)21-8-7-19-13-26-24(28-30(19)21)27-18-5-2-16(3-6-18)23-14-29(15-31)10-11-33-23/h2-9,12-13,15,23H,10-11,14H2,1H3,(H,27,28). The highest BCUT2D eigenvalue weighted by Crippen LogP contribution is 2.33. The summed E-state index contributed by atoms with van der Waals surface area (Å²) >= 11 is 6.23.